The zero-order chi connectivity index (χ0) is 12.4. The standard InChI is InChI=1S/C12H15NO3S/c1-2-3-10-11-8(6-9(7-14)17-11)4-5-13(10)12(15)16/h6-7,10H,2-5H2,1H3,(H,15,16). The van der Waals surface area contributed by atoms with Crippen molar-refractivity contribution in [1.29, 1.82) is 0 Å². The summed E-state index contributed by atoms with van der Waals surface area (Å²) in [5.41, 5.74) is 1.15. The highest BCUT2D eigenvalue weighted by molar-refractivity contribution is 7.13. The highest BCUT2D eigenvalue weighted by Crippen LogP contribution is 2.38. The second-order valence-corrected chi connectivity index (χ2v) is 5.30. The summed E-state index contributed by atoms with van der Waals surface area (Å²) in [7, 11) is 0. The average molecular weight is 253 g/mol. The van der Waals surface area contributed by atoms with Crippen molar-refractivity contribution in [2.24, 2.45) is 0 Å². The molecular weight excluding hydrogens is 238 g/mol. The van der Waals surface area contributed by atoms with Gasteiger partial charge in [0.15, 0.2) is 6.29 Å². The van der Waals surface area contributed by atoms with E-state index in [1.165, 1.54) is 16.2 Å². The van der Waals surface area contributed by atoms with Crippen LogP contribution in [0, 0.1) is 0 Å². The summed E-state index contributed by atoms with van der Waals surface area (Å²) in [5, 5.41) is 9.19. The summed E-state index contributed by atoms with van der Waals surface area (Å²) in [6.45, 7) is 2.57. The number of amides is 1. The van der Waals surface area contributed by atoms with E-state index in [4.69, 9.17) is 0 Å². The van der Waals surface area contributed by atoms with Crippen LogP contribution in [0.4, 0.5) is 4.79 Å². The Labute approximate surface area is 104 Å². The molecule has 1 N–H and O–H groups in total. The van der Waals surface area contributed by atoms with Crippen LogP contribution in [-0.4, -0.2) is 28.9 Å². The van der Waals surface area contributed by atoms with Crippen LogP contribution in [0.3, 0.4) is 0 Å². The molecule has 17 heavy (non-hydrogen) atoms. The van der Waals surface area contributed by atoms with Crippen molar-refractivity contribution in [2.45, 2.75) is 32.2 Å². The van der Waals surface area contributed by atoms with Crippen molar-refractivity contribution in [1.82, 2.24) is 4.90 Å². The number of carbonyl (C=O) groups excluding carboxylic acids is 1. The predicted octanol–water partition coefficient (Wildman–Crippen LogP) is 2.94. The number of rotatable bonds is 3. The first kappa shape index (κ1) is 12.1. The van der Waals surface area contributed by atoms with Crippen LogP contribution in [0.25, 0.3) is 0 Å². The molecular formula is C12H15NO3S. The Bertz CT molecular complexity index is 441. The van der Waals surface area contributed by atoms with Gasteiger partial charge < -0.3 is 10.0 Å². The SMILES string of the molecule is CCCC1c2sc(C=O)cc2CCN1C(=O)O. The summed E-state index contributed by atoms with van der Waals surface area (Å²) in [5.74, 6) is 0. The summed E-state index contributed by atoms with van der Waals surface area (Å²) < 4.78 is 0. The fraction of sp³-hybridized carbons (Fsp3) is 0.500. The van der Waals surface area contributed by atoms with Gasteiger partial charge >= 0.3 is 6.09 Å². The molecule has 1 aromatic rings. The van der Waals surface area contributed by atoms with Gasteiger partial charge in [-0.2, -0.15) is 0 Å². The molecule has 0 aliphatic carbocycles. The molecule has 2 heterocycles. The molecule has 1 aromatic heterocycles. The van der Waals surface area contributed by atoms with Gasteiger partial charge in [0.25, 0.3) is 0 Å². The lowest BCUT2D eigenvalue weighted by molar-refractivity contribution is 0.112. The third kappa shape index (κ3) is 2.20. The Balaban J connectivity index is 2.37. The van der Waals surface area contributed by atoms with Crippen LogP contribution in [0.2, 0.25) is 0 Å². The zero-order valence-electron chi connectivity index (χ0n) is 9.68. The molecule has 0 saturated heterocycles. The van der Waals surface area contributed by atoms with E-state index in [9.17, 15) is 14.7 Å². The number of fused-ring (bicyclic) bond motifs is 1. The molecule has 0 saturated carbocycles. The quantitative estimate of drug-likeness (QED) is 0.842. The van der Waals surface area contributed by atoms with Gasteiger partial charge in [0.05, 0.1) is 10.9 Å². The van der Waals surface area contributed by atoms with Crippen LogP contribution >= 0.6 is 11.3 Å². The molecule has 92 valence electrons. The Morgan fingerprint density at radius 1 is 1.71 bits per heavy atom. The van der Waals surface area contributed by atoms with Gasteiger partial charge in [-0.1, -0.05) is 13.3 Å². The maximum absolute atomic E-state index is 11.2. The summed E-state index contributed by atoms with van der Waals surface area (Å²) >= 11 is 1.43. The molecule has 0 bridgehead atoms. The van der Waals surface area contributed by atoms with Gasteiger partial charge in [-0.15, -0.1) is 11.3 Å². The van der Waals surface area contributed by atoms with Gasteiger partial charge in [0.2, 0.25) is 0 Å². The van der Waals surface area contributed by atoms with E-state index >= 15 is 0 Å². The molecule has 1 unspecified atom stereocenters. The number of thiophene rings is 1. The lowest BCUT2D eigenvalue weighted by atomic mass is 9.98. The normalized spacial score (nSPS) is 18.9. The van der Waals surface area contributed by atoms with E-state index in [0.717, 1.165) is 29.6 Å². The van der Waals surface area contributed by atoms with Gasteiger partial charge in [0, 0.05) is 11.4 Å². The second-order valence-electron chi connectivity index (χ2n) is 4.19. The third-order valence-corrected chi connectivity index (χ3v) is 4.29. The van der Waals surface area contributed by atoms with E-state index in [0.29, 0.717) is 17.8 Å². The molecule has 2 rings (SSSR count). The molecule has 5 heteroatoms. The first-order valence-electron chi connectivity index (χ1n) is 5.74. The minimum Gasteiger partial charge on any atom is -0.465 e. The zero-order valence-corrected chi connectivity index (χ0v) is 10.5. The topological polar surface area (TPSA) is 57.6 Å². The van der Waals surface area contributed by atoms with Crippen molar-refractivity contribution >= 4 is 23.7 Å². The van der Waals surface area contributed by atoms with Crippen LogP contribution in [0.15, 0.2) is 6.07 Å². The number of carboxylic acid groups (broad SMARTS) is 1. The van der Waals surface area contributed by atoms with Gasteiger partial charge in [0.1, 0.15) is 0 Å². The molecule has 1 aliphatic heterocycles. The summed E-state index contributed by atoms with van der Waals surface area (Å²) in [4.78, 5) is 25.2. The van der Waals surface area contributed by atoms with Crippen LogP contribution in [0.5, 0.6) is 0 Å². The van der Waals surface area contributed by atoms with Crippen molar-refractivity contribution in [3.63, 3.8) is 0 Å². The summed E-state index contributed by atoms with van der Waals surface area (Å²) in [6.07, 6.45) is 2.44. The van der Waals surface area contributed by atoms with Gasteiger partial charge in [-0.3, -0.25) is 4.79 Å². The Morgan fingerprint density at radius 3 is 3.06 bits per heavy atom. The molecule has 1 atom stereocenters. The predicted molar refractivity (Wildman–Crippen MR) is 65.8 cm³/mol. The fourth-order valence-corrected chi connectivity index (χ4v) is 3.50. The molecule has 0 spiro atoms. The number of carbonyl (C=O) groups is 2. The number of hydrogen-bond donors (Lipinski definition) is 1. The van der Waals surface area contributed by atoms with E-state index in [-0.39, 0.29) is 6.04 Å². The Hall–Kier alpha value is -1.36. The monoisotopic (exact) mass is 253 g/mol. The molecule has 4 nitrogen and oxygen atoms in total. The van der Waals surface area contributed by atoms with Gasteiger partial charge in [-0.05, 0) is 24.5 Å². The van der Waals surface area contributed by atoms with Gasteiger partial charge in [-0.25, -0.2) is 4.79 Å². The molecule has 0 aromatic carbocycles. The third-order valence-electron chi connectivity index (χ3n) is 3.09. The maximum Gasteiger partial charge on any atom is 0.407 e. The minimum absolute atomic E-state index is 0.0695. The second kappa shape index (κ2) is 4.87. The van der Waals surface area contributed by atoms with E-state index in [2.05, 4.69) is 0 Å². The maximum atomic E-state index is 11.2. The summed E-state index contributed by atoms with van der Waals surface area (Å²) in [6, 6.07) is 1.83. The first-order valence-corrected chi connectivity index (χ1v) is 6.56. The number of nitrogens with zero attached hydrogens (tertiary/aromatic N) is 1. The lowest BCUT2D eigenvalue weighted by Crippen LogP contribution is -2.38. The van der Waals surface area contributed by atoms with E-state index in [1.54, 1.807) is 0 Å². The van der Waals surface area contributed by atoms with Crippen LogP contribution < -0.4 is 0 Å². The highest BCUT2D eigenvalue weighted by atomic mass is 32.1. The van der Waals surface area contributed by atoms with Crippen molar-refractivity contribution in [3.05, 3.63) is 21.4 Å². The first-order chi connectivity index (χ1) is 8.17. The Morgan fingerprint density at radius 2 is 2.47 bits per heavy atom. The average Bonchev–Trinajstić information content (AvgIpc) is 2.72. The molecule has 0 radical (unpaired) electrons. The lowest BCUT2D eigenvalue weighted by Gasteiger charge is -2.33. The number of aldehydes is 1. The smallest absolute Gasteiger partial charge is 0.407 e. The molecule has 0 fully saturated rings. The number of hydrogen-bond acceptors (Lipinski definition) is 3. The van der Waals surface area contributed by atoms with Crippen molar-refractivity contribution in [3.8, 4) is 0 Å². The molecule has 1 aliphatic rings. The van der Waals surface area contributed by atoms with Crippen LogP contribution in [-0.2, 0) is 6.42 Å². The fourth-order valence-electron chi connectivity index (χ4n) is 2.33. The Kier molecular flexibility index (Phi) is 3.47. The van der Waals surface area contributed by atoms with E-state index in [1.807, 2.05) is 13.0 Å². The highest BCUT2D eigenvalue weighted by Gasteiger charge is 2.31. The molecule has 1 amide bonds. The largest absolute Gasteiger partial charge is 0.465 e. The minimum atomic E-state index is -0.866. The van der Waals surface area contributed by atoms with E-state index < -0.39 is 6.09 Å². The van der Waals surface area contributed by atoms with Crippen molar-refractivity contribution < 1.29 is 14.7 Å². The van der Waals surface area contributed by atoms with Crippen molar-refractivity contribution in [2.75, 3.05) is 6.54 Å². The van der Waals surface area contributed by atoms with Crippen LogP contribution in [0.1, 0.15) is 45.9 Å².